The van der Waals surface area contributed by atoms with Crippen LogP contribution in [-0.4, -0.2) is 25.7 Å². The highest BCUT2D eigenvalue weighted by molar-refractivity contribution is 7.80. The first-order chi connectivity index (χ1) is 10.1. The van der Waals surface area contributed by atoms with E-state index in [2.05, 4.69) is 24.1 Å². The maximum absolute atomic E-state index is 5.61. The van der Waals surface area contributed by atoms with Crippen molar-refractivity contribution in [2.45, 2.75) is 6.42 Å². The largest absolute Gasteiger partial charge is 0.497 e. The van der Waals surface area contributed by atoms with E-state index in [1.54, 1.807) is 7.11 Å². The highest BCUT2D eigenvalue weighted by Gasteiger charge is 2.03. The Morgan fingerprint density at radius 2 is 1.71 bits per heavy atom. The van der Waals surface area contributed by atoms with Crippen LogP contribution in [0.3, 0.4) is 0 Å². The average molecular weight is 300 g/mol. The lowest BCUT2D eigenvalue weighted by molar-refractivity contribution is 0.414. The molecule has 0 bridgehead atoms. The van der Waals surface area contributed by atoms with Crippen LogP contribution in [0.2, 0.25) is 0 Å². The van der Waals surface area contributed by atoms with Crippen LogP contribution < -0.4 is 15.4 Å². The molecule has 0 unspecified atom stereocenters. The number of rotatable bonds is 6. The minimum absolute atomic E-state index is 0.433. The van der Waals surface area contributed by atoms with Crippen molar-refractivity contribution in [1.82, 2.24) is 0 Å². The summed E-state index contributed by atoms with van der Waals surface area (Å²) in [7, 11) is 3.76. The molecule has 0 heterocycles. The number of nitrogens with two attached hydrogens (primary N) is 1. The molecule has 0 saturated heterocycles. The summed E-state index contributed by atoms with van der Waals surface area (Å²) in [6, 6.07) is 16.2. The molecular formula is C17H20N2OS. The second kappa shape index (κ2) is 7.09. The van der Waals surface area contributed by atoms with Crippen LogP contribution in [-0.2, 0) is 6.42 Å². The molecule has 0 aliphatic heterocycles. The first kappa shape index (κ1) is 15.3. The Labute approximate surface area is 131 Å². The van der Waals surface area contributed by atoms with E-state index in [9.17, 15) is 0 Å². The molecule has 2 aromatic carbocycles. The van der Waals surface area contributed by atoms with Crippen molar-refractivity contribution in [2.75, 3.05) is 25.6 Å². The van der Waals surface area contributed by atoms with Crippen molar-refractivity contribution in [1.29, 1.82) is 0 Å². The molecule has 110 valence electrons. The third-order valence-electron chi connectivity index (χ3n) is 3.49. The predicted molar refractivity (Wildman–Crippen MR) is 92.3 cm³/mol. The van der Waals surface area contributed by atoms with Gasteiger partial charge in [-0.15, -0.1) is 0 Å². The van der Waals surface area contributed by atoms with Crippen LogP contribution in [0, 0.1) is 0 Å². The van der Waals surface area contributed by atoms with Gasteiger partial charge in [-0.25, -0.2) is 0 Å². The normalized spacial score (nSPS) is 10.2. The molecule has 0 atom stereocenters. The van der Waals surface area contributed by atoms with E-state index >= 15 is 0 Å². The molecule has 0 aliphatic rings. The van der Waals surface area contributed by atoms with Crippen LogP contribution in [0.5, 0.6) is 5.75 Å². The predicted octanol–water partition coefficient (Wildman–Crippen LogP) is 3.01. The molecule has 2 aromatic rings. The Morgan fingerprint density at radius 3 is 2.24 bits per heavy atom. The number of anilines is 1. The summed E-state index contributed by atoms with van der Waals surface area (Å²) in [6.07, 6.45) is 0.984. The van der Waals surface area contributed by atoms with Crippen molar-refractivity contribution < 1.29 is 4.74 Å². The van der Waals surface area contributed by atoms with E-state index in [0.29, 0.717) is 4.99 Å². The number of methoxy groups -OCH3 is 1. The second-order valence-electron chi connectivity index (χ2n) is 4.93. The maximum atomic E-state index is 5.61. The first-order valence-electron chi connectivity index (χ1n) is 6.84. The number of hydrogen-bond donors (Lipinski definition) is 1. The number of benzene rings is 2. The zero-order chi connectivity index (χ0) is 15.2. The fourth-order valence-corrected chi connectivity index (χ4v) is 2.23. The summed E-state index contributed by atoms with van der Waals surface area (Å²) in [5, 5.41) is 0. The number of thiocarbonyl (C=S) groups is 1. The molecular weight excluding hydrogens is 280 g/mol. The van der Waals surface area contributed by atoms with E-state index in [1.165, 1.54) is 5.56 Å². The van der Waals surface area contributed by atoms with Gasteiger partial charge in [0.05, 0.1) is 7.11 Å². The van der Waals surface area contributed by atoms with Crippen LogP contribution in [0.4, 0.5) is 5.69 Å². The number of ether oxygens (including phenoxy) is 1. The van der Waals surface area contributed by atoms with Gasteiger partial charge in [0.15, 0.2) is 0 Å². The molecule has 2 rings (SSSR count). The molecule has 4 heteroatoms. The maximum Gasteiger partial charge on any atom is 0.118 e. The monoisotopic (exact) mass is 300 g/mol. The van der Waals surface area contributed by atoms with Gasteiger partial charge in [-0.3, -0.25) is 0 Å². The van der Waals surface area contributed by atoms with Crippen molar-refractivity contribution in [3.05, 3.63) is 59.7 Å². The number of likely N-dealkylation sites (N-methyl/N-ethyl adjacent to an activating group) is 1. The van der Waals surface area contributed by atoms with Crippen molar-refractivity contribution in [2.24, 2.45) is 5.73 Å². The summed E-state index contributed by atoms with van der Waals surface area (Å²) >= 11 is 4.96. The van der Waals surface area contributed by atoms with E-state index in [0.717, 1.165) is 30.0 Å². The summed E-state index contributed by atoms with van der Waals surface area (Å²) < 4.78 is 5.16. The van der Waals surface area contributed by atoms with Crippen molar-refractivity contribution in [3.8, 4) is 5.75 Å². The SMILES string of the molecule is COc1ccc(CCN(C)c2ccc(C(N)=S)cc2)cc1. The lowest BCUT2D eigenvalue weighted by Gasteiger charge is -2.19. The Hall–Kier alpha value is -2.07. The minimum Gasteiger partial charge on any atom is -0.497 e. The highest BCUT2D eigenvalue weighted by Crippen LogP contribution is 2.16. The molecule has 0 aromatic heterocycles. The van der Waals surface area contributed by atoms with Gasteiger partial charge in [-0.2, -0.15) is 0 Å². The van der Waals surface area contributed by atoms with Crippen LogP contribution in [0.15, 0.2) is 48.5 Å². The van der Waals surface area contributed by atoms with E-state index in [4.69, 9.17) is 22.7 Å². The Morgan fingerprint density at radius 1 is 1.10 bits per heavy atom. The molecule has 0 aliphatic carbocycles. The van der Waals surface area contributed by atoms with Crippen LogP contribution >= 0.6 is 12.2 Å². The van der Waals surface area contributed by atoms with Gasteiger partial charge in [0.1, 0.15) is 10.7 Å². The van der Waals surface area contributed by atoms with Crippen LogP contribution in [0.1, 0.15) is 11.1 Å². The molecule has 0 spiro atoms. The van der Waals surface area contributed by atoms with E-state index in [1.807, 2.05) is 36.4 Å². The molecule has 0 radical (unpaired) electrons. The summed E-state index contributed by atoms with van der Waals surface area (Å²) in [5.41, 5.74) is 8.96. The quantitative estimate of drug-likeness (QED) is 0.832. The lowest BCUT2D eigenvalue weighted by Crippen LogP contribution is -2.20. The molecule has 0 amide bonds. The van der Waals surface area contributed by atoms with Gasteiger partial charge < -0.3 is 15.4 Å². The molecule has 0 saturated carbocycles. The van der Waals surface area contributed by atoms with Crippen LogP contribution in [0.25, 0.3) is 0 Å². The van der Waals surface area contributed by atoms with Gasteiger partial charge in [0.2, 0.25) is 0 Å². The smallest absolute Gasteiger partial charge is 0.118 e. The summed E-state index contributed by atoms with van der Waals surface area (Å²) in [4.78, 5) is 2.65. The lowest BCUT2D eigenvalue weighted by atomic mass is 10.1. The van der Waals surface area contributed by atoms with Gasteiger partial charge in [0.25, 0.3) is 0 Å². The Bertz CT molecular complexity index is 593. The first-order valence-corrected chi connectivity index (χ1v) is 7.25. The summed E-state index contributed by atoms with van der Waals surface area (Å²) in [5.74, 6) is 0.889. The zero-order valence-electron chi connectivity index (χ0n) is 12.4. The summed E-state index contributed by atoms with van der Waals surface area (Å²) in [6.45, 7) is 0.943. The topological polar surface area (TPSA) is 38.5 Å². The molecule has 21 heavy (non-hydrogen) atoms. The Balaban J connectivity index is 1.94. The second-order valence-corrected chi connectivity index (χ2v) is 5.37. The third-order valence-corrected chi connectivity index (χ3v) is 3.72. The van der Waals surface area contributed by atoms with E-state index in [-0.39, 0.29) is 0 Å². The van der Waals surface area contributed by atoms with Gasteiger partial charge in [-0.1, -0.05) is 24.4 Å². The van der Waals surface area contributed by atoms with Gasteiger partial charge in [-0.05, 0) is 48.4 Å². The zero-order valence-corrected chi connectivity index (χ0v) is 13.2. The average Bonchev–Trinajstić information content (AvgIpc) is 2.53. The fourth-order valence-electron chi connectivity index (χ4n) is 2.10. The molecule has 3 nitrogen and oxygen atoms in total. The van der Waals surface area contributed by atoms with Gasteiger partial charge >= 0.3 is 0 Å². The molecule has 0 fully saturated rings. The third kappa shape index (κ3) is 4.20. The highest BCUT2D eigenvalue weighted by atomic mass is 32.1. The van der Waals surface area contributed by atoms with Crippen molar-refractivity contribution in [3.63, 3.8) is 0 Å². The van der Waals surface area contributed by atoms with Crippen molar-refractivity contribution >= 4 is 22.9 Å². The fraction of sp³-hybridized carbons (Fsp3) is 0.235. The standard InChI is InChI=1S/C17H20N2OS/c1-19(15-7-5-14(6-8-15)17(18)21)12-11-13-3-9-16(20-2)10-4-13/h3-10H,11-12H2,1-2H3,(H2,18,21). The number of hydrogen-bond acceptors (Lipinski definition) is 3. The van der Waals surface area contributed by atoms with Gasteiger partial charge in [0, 0.05) is 24.8 Å². The minimum atomic E-state index is 0.433. The van der Waals surface area contributed by atoms with E-state index < -0.39 is 0 Å². The molecule has 2 N–H and O–H groups in total. The Kier molecular flexibility index (Phi) is 5.17. The number of nitrogens with zero attached hydrogens (tertiary/aromatic N) is 1.